The lowest BCUT2D eigenvalue weighted by Gasteiger charge is -2.31. The summed E-state index contributed by atoms with van der Waals surface area (Å²) in [5.41, 5.74) is 2.24. The van der Waals surface area contributed by atoms with E-state index in [2.05, 4.69) is 11.9 Å². The number of benzene rings is 2. The van der Waals surface area contributed by atoms with Crippen LogP contribution in [0.1, 0.15) is 44.0 Å². The zero-order valence-electron chi connectivity index (χ0n) is 21.6. The highest BCUT2D eigenvalue weighted by atomic mass is 16.5. The fourth-order valence-electron chi connectivity index (χ4n) is 4.39. The largest absolute Gasteiger partial charge is 0.489 e. The number of fused-ring (bicyclic) bond motifs is 1. The van der Waals surface area contributed by atoms with E-state index in [4.69, 9.17) is 13.6 Å². The van der Waals surface area contributed by atoms with Gasteiger partial charge < -0.3 is 24.6 Å². The molecule has 2 aromatic rings. The van der Waals surface area contributed by atoms with Gasteiger partial charge in [0.25, 0.3) is 5.91 Å². The molecule has 0 saturated carbocycles. The van der Waals surface area contributed by atoms with Crippen molar-refractivity contribution in [3.63, 3.8) is 0 Å². The Bertz CT molecular complexity index is 1300. The first-order chi connectivity index (χ1) is 17.6. The molecule has 2 fully saturated rings. The zero-order chi connectivity index (χ0) is 26.3. The van der Waals surface area contributed by atoms with E-state index < -0.39 is 12.6 Å². The van der Waals surface area contributed by atoms with Gasteiger partial charge in [0.2, 0.25) is 11.8 Å². The minimum absolute atomic E-state index is 0.0177. The van der Waals surface area contributed by atoms with Gasteiger partial charge in [0.1, 0.15) is 25.0 Å². The molecule has 0 radical (unpaired) electrons. The van der Waals surface area contributed by atoms with Gasteiger partial charge in [0.05, 0.1) is 17.3 Å². The van der Waals surface area contributed by atoms with E-state index in [9.17, 15) is 14.4 Å². The van der Waals surface area contributed by atoms with Crippen molar-refractivity contribution < 1.29 is 28.0 Å². The van der Waals surface area contributed by atoms with Crippen molar-refractivity contribution in [2.45, 2.75) is 38.5 Å². The number of ether oxygens (including phenoxy) is 2. The van der Waals surface area contributed by atoms with Gasteiger partial charge in [-0.15, -0.1) is 0 Å². The number of hydrogen-bond acceptors (Lipinski definition) is 5. The lowest BCUT2D eigenvalue weighted by molar-refractivity contribution is -0.143. The van der Waals surface area contributed by atoms with Crippen LogP contribution in [0.2, 0.25) is 0 Å². The molecule has 176 valence electrons. The van der Waals surface area contributed by atoms with Crippen LogP contribution in [0.5, 0.6) is 5.75 Å². The van der Waals surface area contributed by atoms with Gasteiger partial charge in [0, 0.05) is 29.9 Å². The number of hydrogen-bond donors (Lipinski definition) is 1. The highest BCUT2D eigenvalue weighted by molar-refractivity contribution is 6.02. The maximum atomic E-state index is 13.1. The molecule has 1 atom stereocenters. The lowest BCUT2D eigenvalue weighted by atomic mass is 10.0. The number of carbonyl (C=O) groups is 3. The van der Waals surface area contributed by atoms with Gasteiger partial charge in [-0.2, -0.15) is 0 Å². The van der Waals surface area contributed by atoms with Crippen molar-refractivity contribution in [1.82, 2.24) is 15.1 Å². The van der Waals surface area contributed by atoms with E-state index in [-0.39, 0.29) is 54.8 Å². The summed E-state index contributed by atoms with van der Waals surface area (Å²) in [6.45, 7) is 2.75. The molecule has 1 unspecified atom stereocenters. The maximum absolute atomic E-state index is 13.1. The van der Waals surface area contributed by atoms with Gasteiger partial charge in [-0.3, -0.25) is 14.4 Å². The Kier molecular flexibility index (Phi) is 5.13. The summed E-state index contributed by atoms with van der Waals surface area (Å²) < 4.78 is 36.5. The SMILES string of the molecule is [2H]c1cc(C([2H])([2H])Oc2cccc3c2CN(C2CCC(=C)NC2=O)C3=O)ccc1CN1CCOCC1=O. The Morgan fingerprint density at radius 2 is 2.06 bits per heavy atom. The summed E-state index contributed by atoms with van der Waals surface area (Å²) >= 11 is 0. The first-order valence-electron chi connectivity index (χ1n) is 12.7. The van der Waals surface area contributed by atoms with Gasteiger partial charge in [-0.05, 0) is 36.1 Å². The third-order valence-electron chi connectivity index (χ3n) is 6.25. The summed E-state index contributed by atoms with van der Waals surface area (Å²) in [5.74, 6) is -0.528. The second-order valence-corrected chi connectivity index (χ2v) is 8.54. The third kappa shape index (κ3) is 4.41. The number of carbonyl (C=O) groups excluding carboxylic acids is 3. The molecule has 2 saturated heterocycles. The van der Waals surface area contributed by atoms with Crippen molar-refractivity contribution in [2.75, 3.05) is 19.8 Å². The average molecular weight is 465 g/mol. The molecule has 1 N–H and O–H groups in total. The normalized spacial score (nSPS) is 22.1. The monoisotopic (exact) mass is 464 g/mol. The molecule has 0 bridgehead atoms. The van der Waals surface area contributed by atoms with Crippen LogP contribution in [0, 0.1) is 0 Å². The zero-order valence-corrected chi connectivity index (χ0v) is 18.6. The molecule has 5 rings (SSSR count). The van der Waals surface area contributed by atoms with Crippen LogP contribution in [-0.2, 0) is 34.0 Å². The van der Waals surface area contributed by atoms with Crippen LogP contribution in [0.4, 0.5) is 0 Å². The molecule has 8 heteroatoms. The predicted molar refractivity (Wildman–Crippen MR) is 124 cm³/mol. The highest BCUT2D eigenvalue weighted by Gasteiger charge is 2.39. The molecule has 3 heterocycles. The van der Waals surface area contributed by atoms with Crippen LogP contribution >= 0.6 is 0 Å². The van der Waals surface area contributed by atoms with E-state index in [0.717, 1.165) is 0 Å². The Morgan fingerprint density at radius 3 is 2.85 bits per heavy atom. The molecular weight excluding hydrogens is 434 g/mol. The van der Waals surface area contributed by atoms with Crippen molar-refractivity contribution in [1.29, 1.82) is 0 Å². The first kappa shape index (κ1) is 18.7. The molecule has 8 nitrogen and oxygen atoms in total. The van der Waals surface area contributed by atoms with Crippen LogP contribution in [-0.4, -0.2) is 53.3 Å². The van der Waals surface area contributed by atoms with E-state index in [1.165, 1.54) is 17.0 Å². The Morgan fingerprint density at radius 1 is 1.21 bits per heavy atom. The standard InChI is InChI=1S/C26H27N3O5/c1-17-5-10-22(25(31)27-17)29-14-21-20(26(29)32)3-2-4-23(21)34-15-19-8-6-18(7-9-19)13-28-11-12-33-16-24(28)30/h2-4,6-9,22H,1,5,10-16H2,(H,27,31)/i6D,15D2. The molecule has 2 aromatic carbocycles. The third-order valence-corrected chi connectivity index (χ3v) is 6.25. The summed E-state index contributed by atoms with van der Waals surface area (Å²) in [4.78, 5) is 40.7. The van der Waals surface area contributed by atoms with Crippen molar-refractivity contribution >= 4 is 17.7 Å². The van der Waals surface area contributed by atoms with Crippen LogP contribution in [0.25, 0.3) is 0 Å². The van der Waals surface area contributed by atoms with Gasteiger partial charge in [0.15, 0.2) is 0 Å². The first-order valence-corrected chi connectivity index (χ1v) is 11.2. The van der Waals surface area contributed by atoms with Gasteiger partial charge in [-0.25, -0.2) is 0 Å². The summed E-state index contributed by atoms with van der Waals surface area (Å²) in [6.07, 6.45) is 1.05. The fourth-order valence-corrected chi connectivity index (χ4v) is 4.39. The number of morpholine rings is 1. The molecular formula is C26H27N3O5. The number of nitrogens with one attached hydrogen (secondary N) is 1. The Hall–Kier alpha value is -3.65. The topological polar surface area (TPSA) is 88.2 Å². The maximum Gasteiger partial charge on any atom is 0.255 e. The molecule has 3 amide bonds. The van der Waals surface area contributed by atoms with Crippen LogP contribution < -0.4 is 10.1 Å². The minimum Gasteiger partial charge on any atom is -0.489 e. The van der Waals surface area contributed by atoms with Gasteiger partial charge >= 0.3 is 0 Å². The molecule has 3 aliphatic heterocycles. The number of allylic oxidation sites excluding steroid dienone is 1. The molecule has 34 heavy (non-hydrogen) atoms. The van der Waals surface area contributed by atoms with Crippen molar-refractivity contribution in [3.05, 3.63) is 77.0 Å². The van der Waals surface area contributed by atoms with Crippen molar-refractivity contribution in [2.24, 2.45) is 0 Å². The second-order valence-electron chi connectivity index (χ2n) is 8.54. The predicted octanol–water partition coefficient (Wildman–Crippen LogP) is 2.37. The van der Waals surface area contributed by atoms with Gasteiger partial charge in [-0.1, -0.05) is 36.9 Å². The highest BCUT2D eigenvalue weighted by Crippen LogP contribution is 2.34. The smallest absolute Gasteiger partial charge is 0.255 e. The number of nitrogens with zero attached hydrogens (tertiary/aromatic N) is 2. The summed E-state index contributed by atoms with van der Waals surface area (Å²) in [7, 11) is 0. The molecule has 0 spiro atoms. The molecule has 0 aromatic heterocycles. The van der Waals surface area contributed by atoms with Crippen LogP contribution in [0.3, 0.4) is 0 Å². The van der Waals surface area contributed by atoms with Crippen LogP contribution in [0.15, 0.2) is 54.7 Å². The minimum atomic E-state index is -2.30. The lowest BCUT2D eigenvalue weighted by Crippen LogP contribution is -2.49. The van der Waals surface area contributed by atoms with E-state index in [1.807, 2.05) is 0 Å². The van der Waals surface area contributed by atoms with E-state index in [1.54, 1.807) is 29.2 Å². The summed E-state index contributed by atoms with van der Waals surface area (Å²) in [6, 6.07) is 8.86. The second kappa shape index (κ2) is 9.30. The number of piperidine rings is 1. The summed E-state index contributed by atoms with van der Waals surface area (Å²) in [5, 5.41) is 2.70. The molecule has 0 aliphatic carbocycles. The number of rotatable bonds is 6. The average Bonchev–Trinajstić information content (AvgIpc) is 3.19. The molecule has 3 aliphatic rings. The Balaban J connectivity index is 1.34. The fraction of sp³-hybridized carbons (Fsp3) is 0.346. The van der Waals surface area contributed by atoms with E-state index in [0.29, 0.717) is 48.4 Å². The van der Waals surface area contributed by atoms with E-state index >= 15 is 0 Å². The van der Waals surface area contributed by atoms with Crippen molar-refractivity contribution in [3.8, 4) is 5.75 Å². The quantitative estimate of drug-likeness (QED) is 0.709. The number of amides is 3. The Labute approximate surface area is 202 Å².